The molecule has 2 aromatic rings. The highest BCUT2D eigenvalue weighted by molar-refractivity contribution is 5.82. The molecule has 0 spiro atoms. The Bertz CT molecular complexity index is 654. The summed E-state index contributed by atoms with van der Waals surface area (Å²) in [6.07, 6.45) is -0.719. The van der Waals surface area contributed by atoms with E-state index in [9.17, 15) is 14.7 Å². The summed E-state index contributed by atoms with van der Waals surface area (Å²) >= 11 is 0. The average molecular weight is 221 g/mol. The van der Waals surface area contributed by atoms with E-state index in [4.69, 9.17) is 5.73 Å². The van der Waals surface area contributed by atoms with Crippen molar-refractivity contribution in [2.24, 2.45) is 5.73 Å². The highest BCUT2D eigenvalue weighted by atomic mass is 16.3. The van der Waals surface area contributed by atoms with Crippen molar-refractivity contribution in [3.05, 3.63) is 39.0 Å². The zero-order chi connectivity index (χ0) is 11.9. The number of aromatic amines is 1. The van der Waals surface area contributed by atoms with Gasteiger partial charge >= 0.3 is 5.69 Å². The number of phenols is 1. The fraction of sp³-hybridized carbons (Fsp3) is 0.200. The first kappa shape index (κ1) is 10.4. The van der Waals surface area contributed by atoms with Crippen LogP contribution in [-0.4, -0.2) is 14.7 Å². The van der Waals surface area contributed by atoms with Gasteiger partial charge in [-0.1, -0.05) is 6.07 Å². The first-order chi connectivity index (χ1) is 7.52. The Morgan fingerprint density at radius 3 is 2.75 bits per heavy atom. The second-order valence-corrected chi connectivity index (χ2v) is 3.55. The van der Waals surface area contributed by atoms with Crippen LogP contribution in [0.1, 0.15) is 13.1 Å². The van der Waals surface area contributed by atoms with Crippen molar-refractivity contribution < 1.29 is 5.11 Å². The number of nitrogens with two attached hydrogens (primary N) is 1. The van der Waals surface area contributed by atoms with Crippen LogP contribution in [0.5, 0.6) is 5.75 Å². The standard InChI is InChI=1S/C10H11N3O3/c1-5(11)13-9(15)6-3-2-4-7(14)8(6)12-10(13)16/h2-5,14H,11H2,1H3,(H,12,16). The lowest BCUT2D eigenvalue weighted by Crippen LogP contribution is -2.40. The van der Waals surface area contributed by atoms with Gasteiger partial charge in [-0.2, -0.15) is 0 Å². The molecule has 6 heteroatoms. The minimum Gasteiger partial charge on any atom is -0.506 e. The largest absolute Gasteiger partial charge is 0.506 e. The summed E-state index contributed by atoms with van der Waals surface area (Å²) in [5, 5.41) is 9.73. The van der Waals surface area contributed by atoms with Crippen LogP contribution in [0, 0.1) is 0 Å². The minimum absolute atomic E-state index is 0.134. The molecule has 0 fully saturated rings. The zero-order valence-electron chi connectivity index (χ0n) is 8.60. The van der Waals surface area contributed by atoms with Crippen LogP contribution >= 0.6 is 0 Å². The number of hydrogen-bond donors (Lipinski definition) is 3. The SMILES string of the molecule is CC(N)n1c(=O)[nH]c2c(O)cccc2c1=O. The lowest BCUT2D eigenvalue weighted by molar-refractivity contribution is 0.478. The lowest BCUT2D eigenvalue weighted by atomic mass is 10.2. The van der Waals surface area contributed by atoms with Gasteiger partial charge in [0.15, 0.2) is 0 Å². The molecular formula is C10H11N3O3. The van der Waals surface area contributed by atoms with E-state index in [1.165, 1.54) is 25.1 Å². The van der Waals surface area contributed by atoms with E-state index in [0.717, 1.165) is 4.57 Å². The second-order valence-electron chi connectivity index (χ2n) is 3.55. The summed E-state index contributed by atoms with van der Waals surface area (Å²) in [6.45, 7) is 1.53. The Morgan fingerprint density at radius 1 is 1.44 bits per heavy atom. The predicted octanol–water partition coefficient (Wildman–Crippen LogP) is -0.127. The fourth-order valence-electron chi connectivity index (χ4n) is 1.61. The summed E-state index contributed by atoms with van der Waals surface area (Å²) < 4.78 is 0.905. The number of rotatable bonds is 1. The van der Waals surface area contributed by atoms with Crippen LogP contribution in [0.15, 0.2) is 27.8 Å². The maximum atomic E-state index is 11.9. The molecule has 0 aliphatic rings. The molecule has 6 nitrogen and oxygen atoms in total. The van der Waals surface area contributed by atoms with Crippen LogP contribution in [0.4, 0.5) is 0 Å². The normalized spacial score (nSPS) is 12.9. The number of hydrogen-bond acceptors (Lipinski definition) is 4. The Hall–Kier alpha value is -2.08. The Labute approximate surface area is 89.9 Å². The summed E-state index contributed by atoms with van der Waals surface area (Å²) in [7, 11) is 0. The summed E-state index contributed by atoms with van der Waals surface area (Å²) in [5.74, 6) is -0.136. The Morgan fingerprint density at radius 2 is 2.12 bits per heavy atom. The van der Waals surface area contributed by atoms with Crippen molar-refractivity contribution in [2.75, 3.05) is 0 Å². The molecule has 1 aromatic carbocycles. The first-order valence-corrected chi connectivity index (χ1v) is 4.74. The molecule has 0 amide bonds. The number of phenolic OH excluding ortho intramolecular Hbond substituents is 1. The molecule has 1 unspecified atom stereocenters. The van der Waals surface area contributed by atoms with E-state index in [1.54, 1.807) is 0 Å². The first-order valence-electron chi connectivity index (χ1n) is 4.74. The Kier molecular flexibility index (Phi) is 2.28. The van der Waals surface area contributed by atoms with Gasteiger partial charge in [0.25, 0.3) is 5.56 Å². The number of benzene rings is 1. The molecule has 1 heterocycles. The molecule has 0 aliphatic heterocycles. The number of para-hydroxylation sites is 1. The van der Waals surface area contributed by atoms with Crippen LogP contribution in [0.2, 0.25) is 0 Å². The van der Waals surface area contributed by atoms with Gasteiger partial charge in [0, 0.05) is 0 Å². The molecule has 4 N–H and O–H groups in total. The van der Waals surface area contributed by atoms with Gasteiger partial charge in [-0.3, -0.25) is 4.79 Å². The number of fused-ring (bicyclic) bond motifs is 1. The molecule has 0 saturated carbocycles. The highest BCUT2D eigenvalue weighted by Gasteiger charge is 2.11. The Balaban J connectivity index is 3.01. The quantitative estimate of drug-likeness (QED) is 0.624. The highest BCUT2D eigenvalue weighted by Crippen LogP contribution is 2.17. The molecular weight excluding hydrogens is 210 g/mol. The predicted molar refractivity (Wildman–Crippen MR) is 59.4 cm³/mol. The van der Waals surface area contributed by atoms with Crippen LogP contribution < -0.4 is 17.0 Å². The summed E-state index contributed by atoms with van der Waals surface area (Å²) in [6, 6.07) is 4.45. The van der Waals surface area contributed by atoms with Crippen molar-refractivity contribution in [3.8, 4) is 5.75 Å². The van der Waals surface area contributed by atoms with Gasteiger partial charge in [0.1, 0.15) is 5.75 Å². The number of aromatic nitrogens is 2. The summed E-state index contributed by atoms with van der Waals surface area (Å²) in [5.41, 5.74) is 4.52. The van der Waals surface area contributed by atoms with E-state index in [2.05, 4.69) is 4.98 Å². The smallest absolute Gasteiger partial charge is 0.330 e. The molecule has 0 radical (unpaired) electrons. The second kappa shape index (κ2) is 3.49. The number of nitrogens with one attached hydrogen (secondary N) is 1. The van der Waals surface area contributed by atoms with Gasteiger partial charge in [0.05, 0.1) is 17.1 Å². The maximum absolute atomic E-state index is 11.9. The number of nitrogens with zero attached hydrogens (tertiary/aromatic N) is 1. The number of aromatic hydroxyl groups is 1. The van der Waals surface area contributed by atoms with Crippen LogP contribution in [0.3, 0.4) is 0 Å². The van der Waals surface area contributed by atoms with Gasteiger partial charge in [-0.25, -0.2) is 9.36 Å². The molecule has 0 aliphatic carbocycles. The van der Waals surface area contributed by atoms with E-state index < -0.39 is 17.4 Å². The molecule has 84 valence electrons. The van der Waals surface area contributed by atoms with Crippen molar-refractivity contribution >= 4 is 10.9 Å². The van der Waals surface area contributed by atoms with Crippen molar-refractivity contribution in [1.29, 1.82) is 0 Å². The van der Waals surface area contributed by atoms with Gasteiger partial charge < -0.3 is 15.8 Å². The molecule has 16 heavy (non-hydrogen) atoms. The summed E-state index contributed by atoms with van der Waals surface area (Å²) in [4.78, 5) is 25.9. The van der Waals surface area contributed by atoms with Crippen LogP contribution in [-0.2, 0) is 0 Å². The van der Waals surface area contributed by atoms with E-state index in [0.29, 0.717) is 0 Å². The van der Waals surface area contributed by atoms with Gasteiger partial charge in [-0.05, 0) is 19.1 Å². The molecule has 1 atom stereocenters. The third-order valence-electron chi connectivity index (χ3n) is 2.35. The molecule has 0 bridgehead atoms. The monoisotopic (exact) mass is 221 g/mol. The minimum atomic E-state index is -0.719. The molecule has 1 aromatic heterocycles. The van der Waals surface area contributed by atoms with Crippen molar-refractivity contribution in [1.82, 2.24) is 9.55 Å². The third kappa shape index (κ3) is 1.40. The van der Waals surface area contributed by atoms with Crippen molar-refractivity contribution in [3.63, 3.8) is 0 Å². The fourth-order valence-corrected chi connectivity index (χ4v) is 1.61. The zero-order valence-corrected chi connectivity index (χ0v) is 8.60. The lowest BCUT2D eigenvalue weighted by Gasteiger charge is -2.09. The third-order valence-corrected chi connectivity index (χ3v) is 2.35. The molecule has 0 saturated heterocycles. The molecule has 2 rings (SSSR count). The maximum Gasteiger partial charge on any atom is 0.330 e. The van der Waals surface area contributed by atoms with Gasteiger partial charge in [0.2, 0.25) is 0 Å². The van der Waals surface area contributed by atoms with E-state index in [1.807, 2.05) is 0 Å². The topological polar surface area (TPSA) is 101 Å². The number of H-pyrrole nitrogens is 1. The average Bonchev–Trinajstić information content (AvgIpc) is 2.19. The van der Waals surface area contributed by atoms with Gasteiger partial charge in [-0.15, -0.1) is 0 Å². The van der Waals surface area contributed by atoms with Crippen LogP contribution in [0.25, 0.3) is 10.9 Å². The van der Waals surface area contributed by atoms with E-state index >= 15 is 0 Å². The van der Waals surface area contributed by atoms with E-state index in [-0.39, 0.29) is 16.7 Å². The van der Waals surface area contributed by atoms with Crippen molar-refractivity contribution in [2.45, 2.75) is 13.1 Å².